The minimum atomic E-state index is -4.47. The molecular weight excluding hydrogens is 259 g/mol. The molecule has 0 aliphatic carbocycles. The number of nitrogen functional groups attached to an aromatic ring is 1. The maximum Gasteiger partial charge on any atom is 0.416 e. The number of nitrogens with zero attached hydrogens (tertiary/aromatic N) is 1. The molecular formula is C11H12F3N5. The molecule has 0 aliphatic heterocycles. The third-order valence-electron chi connectivity index (χ3n) is 2.75. The number of hydrazine groups is 1. The number of aromatic nitrogens is 2. The Bertz CT molecular complexity index is 563. The quantitative estimate of drug-likeness (QED) is 0.503. The number of nitrogens with two attached hydrogens (primary N) is 2. The predicted molar refractivity (Wildman–Crippen MR) is 63.6 cm³/mol. The molecule has 0 saturated carbocycles. The molecule has 8 heteroatoms. The van der Waals surface area contributed by atoms with Gasteiger partial charge in [-0.3, -0.25) is 10.9 Å². The summed E-state index contributed by atoms with van der Waals surface area (Å²) in [6.45, 7) is 0. The van der Waals surface area contributed by atoms with Crippen LogP contribution in [0.2, 0.25) is 0 Å². The zero-order valence-electron chi connectivity index (χ0n) is 9.70. The third kappa shape index (κ3) is 2.54. The SMILES string of the molecule is NNC(c1ccccc1C(F)(F)F)c1cn[nH]c1N. The molecule has 1 aromatic carbocycles. The standard InChI is InChI=1S/C11H12F3N5/c12-11(13,14)8-4-2-1-3-6(8)9(18-16)7-5-17-19-10(7)15/h1-5,9,18H,16H2,(H3,15,17,19). The Labute approximate surface area is 106 Å². The molecule has 1 aromatic heterocycles. The lowest BCUT2D eigenvalue weighted by Gasteiger charge is -2.20. The molecule has 1 atom stereocenters. The van der Waals surface area contributed by atoms with Crippen LogP contribution < -0.4 is 17.0 Å². The van der Waals surface area contributed by atoms with Crippen LogP contribution in [-0.4, -0.2) is 10.2 Å². The van der Waals surface area contributed by atoms with E-state index in [1.54, 1.807) is 0 Å². The average molecular weight is 271 g/mol. The number of alkyl halides is 3. The van der Waals surface area contributed by atoms with Crippen molar-refractivity contribution in [3.63, 3.8) is 0 Å². The Balaban J connectivity index is 2.54. The van der Waals surface area contributed by atoms with Gasteiger partial charge in [-0.15, -0.1) is 0 Å². The van der Waals surface area contributed by atoms with Gasteiger partial charge in [-0.05, 0) is 11.6 Å². The van der Waals surface area contributed by atoms with Crippen molar-refractivity contribution in [2.45, 2.75) is 12.2 Å². The van der Waals surface area contributed by atoms with Crippen LogP contribution in [0.4, 0.5) is 19.0 Å². The van der Waals surface area contributed by atoms with E-state index >= 15 is 0 Å². The van der Waals surface area contributed by atoms with Gasteiger partial charge < -0.3 is 5.73 Å². The van der Waals surface area contributed by atoms with Crippen molar-refractivity contribution in [2.75, 3.05) is 5.73 Å². The normalized spacial score (nSPS) is 13.5. The number of hydrogen-bond donors (Lipinski definition) is 4. The van der Waals surface area contributed by atoms with Gasteiger partial charge in [0.15, 0.2) is 0 Å². The molecule has 0 aliphatic rings. The molecule has 102 valence electrons. The maximum absolute atomic E-state index is 13.0. The lowest BCUT2D eigenvalue weighted by atomic mass is 9.96. The molecule has 0 fully saturated rings. The number of benzene rings is 1. The Hall–Kier alpha value is -2.06. The van der Waals surface area contributed by atoms with Gasteiger partial charge in [-0.1, -0.05) is 18.2 Å². The summed E-state index contributed by atoms with van der Waals surface area (Å²) in [7, 11) is 0. The van der Waals surface area contributed by atoms with Crippen LogP contribution >= 0.6 is 0 Å². The van der Waals surface area contributed by atoms with Crippen molar-refractivity contribution in [2.24, 2.45) is 5.84 Å². The summed E-state index contributed by atoms with van der Waals surface area (Å²) in [6.07, 6.45) is -3.13. The second-order valence-corrected chi connectivity index (χ2v) is 3.92. The number of halogens is 3. The maximum atomic E-state index is 13.0. The molecule has 0 bridgehead atoms. The molecule has 0 saturated heterocycles. The van der Waals surface area contributed by atoms with Crippen LogP contribution in [-0.2, 0) is 6.18 Å². The van der Waals surface area contributed by atoms with Gasteiger partial charge in [0.25, 0.3) is 0 Å². The first-order valence-electron chi connectivity index (χ1n) is 5.36. The summed E-state index contributed by atoms with van der Waals surface area (Å²) < 4.78 is 38.9. The van der Waals surface area contributed by atoms with Crippen LogP contribution in [0, 0.1) is 0 Å². The molecule has 2 aromatic rings. The number of hydrogen-bond acceptors (Lipinski definition) is 4. The van der Waals surface area contributed by atoms with Gasteiger partial charge in [0, 0.05) is 5.56 Å². The summed E-state index contributed by atoms with van der Waals surface area (Å²) in [4.78, 5) is 0. The van der Waals surface area contributed by atoms with E-state index in [4.69, 9.17) is 11.6 Å². The first-order chi connectivity index (χ1) is 8.95. The number of aromatic amines is 1. The van der Waals surface area contributed by atoms with Gasteiger partial charge in [0.2, 0.25) is 0 Å². The van der Waals surface area contributed by atoms with Crippen LogP contribution in [0.1, 0.15) is 22.7 Å². The van der Waals surface area contributed by atoms with E-state index in [0.29, 0.717) is 5.56 Å². The van der Waals surface area contributed by atoms with Crippen molar-refractivity contribution >= 4 is 5.82 Å². The molecule has 1 heterocycles. The van der Waals surface area contributed by atoms with Crippen molar-refractivity contribution in [1.82, 2.24) is 15.6 Å². The van der Waals surface area contributed by atoms with Crippen molar-refractivity contribution in [1.29, 1.82) is 0 Å². The van der Waals surface area contributed by atoms with Gasteiger partial charge >= 0.3 is 6.18 Å². The average Bonchev–Trinajstić information content (AvgIpc) is 2.76. The molecule has 0 amide bonds. The van der Waals surface area contributed by atoms with Crippen molar-refractivity contribution < 1.29 is 13.2 Å². The van der Waals surface area contributed by atoms with Crippen LogP contribution in [0.3, 0.4) is 0 Å². The molecule has 0 spiro atoms. The molecule has 5 nitrogen and oxygen atoms in total. The van der Waals surface area contributed by atoms with E-state index in [-0.39, 0.29) is 11.4 Å². The third-order valence-corrected chi connectivity index (χ3v) is 2.75. The highest BCUT2D eigenvalue weighted by Crippen LogP contribution is 2.36. The molecule has 2 rings (SSSR count). The van der Waals surface area contributed by atoms with Crippen molar-refractivity contribution in [3.8, 4) is 0 Å². The molecule has 19 heavy (non-hydrogen) atoms. The molecule has 6 N–H and O–H groups in total. The van der Waals surface area contributed by atoms with E-state index in [9.17, 15) is 13.2 Å². The first kappa shape index (κ1) is 13.4. The topological polar surface area (TPSA) is 92.7 Å². The van der Waals surface area contributed by atoms with Gasteiger partial charge in [-0.2, -0.15) is 18.3 Å². The fourth-order valence-electron chi connectivity index (χ4n) is 1.89. The highest BCUT2D eigenvalue weighted by Gasteiger charge is 2.35. The van der Waals surface area contributed by atoms with Crippen LogP contribution in [0.15, 0.2) is 30.5 Å². The minimum absolute atomic E-state index is 0.00870. The van der Waals surface area contributed by atoms with Crippen molar-refractivity contribution in [3.05, 3.63) is 47.2 Å². The van der Waals surface area contributed by atoms with E-state index in [2.05, 4.69) is 15.6 Å². The summed E-state index contributed by atoms with van der Waals surface area (Å²) in [6, 6.07) is 4.27. The fourth-order valence-corrected chi connectivity index (χ4v) is 1.89. The zero-order chi connectivity index (χ0) is 14.0. The van der Waals surface area contributed by atoms with Crippen LogP contribution in [0.25, 0.3) is 0 Å². The van der Waals surface area contributed by atoms with Gasteiger partial charge in [0.1, 0.15) is 5.82 Å². The highest BCUT2D eigenvalue weighted by atomic mass is 19.4. The number of rotatable bonds is 3. The number of anilines is 1. The fraction of sp³-hybridized carbons (Fsp3) is 0.182. The summed E-state index contributed by atoms with van der Waals surface area (Å²) in [5, 5.41) is 6.14. The van der Waals surface area contributed by atoms with Gasteiger partial charge in [0.05, 0.1) is 17.8 Å². The summed E-state index contributed by atoms with van der Waals surface area (Å²) in [5.74, 6) is 5.53. The smallest absolute Gasteiger partial charge is 0.384 e. The summed E-state index contributed by atoms with van der Waals surface area (Å²) in [5.41, 5.74) is 7.54. The lowest BCUT2D eigenvalue weighted by molar-refractivity contribution is -0.138. The van der Waals surface area contributed by atoms with Gasteiger partial charge in [-0.25, -0.2) is 5.43 Å². The van der Waals surface area contributed by atoms with E-state index in [0.717, 1.165) is 6.07 Å². The first-order valence-corrected chi connectivity index (χ1v) is 5.36. The monoisotopic (exact) mass is 271 g/mol. The highest BCUT2D eigenvalue weighted by molar-refractivity contribution is 5.46. The molecule has 1 unspecified atom stereocenters. The Morgan fingerprint density at radius 3 is 2.42 bits per heavy atom. The number of nitrogens with one attached hydrogen (secondary N) is 2. The second kappa shape index (κ2) is 4.90. The van der Waals surface area contributed by atoms with E-state index in [1.165, 1.54) is 24.4 Å². The Morgan fingerprint density at radius 2 is 1.89 bits per heavy atom. The largest absolute Gasteiger partial charge is 0.416 e. The zero-order valence-corrected chi connectivity index (χ0v) is 9.70. The van der Waals surface area contributed by atoms with E-state index in [1.807, 2.05) is 0 Å². The minimum Gasteiger partial charge on any atom is -0.384 e. The molecule has 0 radical (unpaired) electrons. The summed E-state index contributed by atoms with van der Waals surface area (Å²) >= 11 is 0. The van der Waals surface area contributed by atoms with Crippen LogP contribution in [0.5, 0.6) is 0 Å². The van der Waals surface area contributed by atoms with E-state index < -0.39 is 17.8 Å². The Kier molecular flexibility index (Phi) is 3.45. The predicted octanol–water partition coefficient (Wildman–Crippen LogP) is 1.56. The number of H-pyrrole nitrogens is 1. The Morgan fingerprint density at radius 1 is 1.21 bits per heavy atom. The lowest BCUT2D eigenvalue weighted by Crippen LogP contribution is -2.30. The second-order valence-electron chi connectivity index (χ2n) is 3.92.